The Morgan fingerprint density at radius 3 is 2.87 bits per heavy atom. The summed E-state index contributed by atoms with van der Waals surface area (Å²) in [7, 11) is -3.19. The van der Waals surface area contributed by atoms with E-state index in [0.29, 0.717) is 16.2 Å². The number of pyridine rings is 1. The zero-order valence-corrected chi connectivity index (χ0v) is 10.4. The van der Waals surface area contributed by atoms with Crippen LogP contribution in [0, 0.1) is 5.92 Å². The monoisotopic (exact) mass is 290 g/mol. The van der Waals surface area contributed by atoms with E-state index >= 15 is 0 Å². The van der Waals surface area contributed by atoms with E-state index in [1.54, 1.807) is 18.3 Å². The molecule has 0 unspecified atom stereocenters. The SMILES string of the molecule is O=S(=O)(CC1CC1)Nc1ccnc(Br)c1. The zero-order valence-electron chi connectivity index (χ0n) is 7.98. The van der Waals surface area contributed by atoms with Gasteiger partial charge in [0.25, 0.3) is 0 Å². The van der Waals surface area contributed by atoms with Crippen LogP contribution >= 0.6 is 15.9 Å². The Kier molecular flexibility index (Phi) is 2.97. The number of anilines is 1. The summed E-state index contributed by atoms with van der Waals surface area (Å²) in [6.45, 7) is 0. The van der Waals surface area contributed by atoms with Crippen molar-refractivity contribution >= 4 is 31.6 Å². The van der Waals surface area contributed by atoms with Gasteiger partial charge in [-0.25, -0.2) is 13.4 Å². The van der Waals surface area contributed by atoms with Gasteiger partial charge in [-0.15, -0.1) is 0 Å². The van der Waals surface area contributed by atoms with Crippen LogP contribution in [0.25, 0.3) is 0 Å². The number of sulfonamides is 1. The molecular weight excluding hydrogens is 280 g/mol. The maximum absolute atomic E-state index is 11.6. The lowest BCUT2D eigenvalue weighted by Crippen LogP contribution is -2.17. The molecule has 1 aromatic heterocycles. The van der Waals surface area contributed by atoms with Gasteiger partial charge in [0.15, 0.2) is 0 Å². The van der Waals surface area contributed by atoms with Crippen molar-refractivity contribution in [2.24, 2.45) is 5.92 Å². The number of halogens is 1. The lowest BCUT2D eigenvalue weighted by Gasteiger charge is -2.06. The molecule has 0 aliphatic heterocycles. The van der Waals surface area contributed by atoms with E-state index < -0.39 is 10.0 Å². The molecule has 1 heterocycles. The van der Waals surface area contributed by atoms with Gasteiger partial charge in [-0.1, -0.05) is 0 Å². The second-order valence-corrected chi connectivity index (χ2v) is 6.27. The first-order valence-corrected chi connectivity index (χ1v) is 7.12. The number of hydrogen-bond donors (Lipinski definition) is 1. The molecule has 0 atom stereocenters. The van der Waals surface area contributed by atoms with E-state index in [1.807, 2.05) is 0 Å². The second-order valence-electron chi connectivity index (χ2n) is 3.69. The molecule has 4 nitrogen and oxygen atoms in total. The van der Waals surface area contributed by atoms with Gasteiger partial charge in [-0.2, -0.15) is 0 Å². The molecule has 0 aromatic carbocycles. The van der Waals surface area contributed by atoms with Gasteiger partial charge < -0.3 is 0 Å². The Balaban J connectivity index is 2.06. The Hall–Kier alpha value is -0.620. The summed E-state index contributed by atoms with van der Waals surface area (Å²) in [6.07, 6.45) is 3.61. The summed E-state index contributed by atoms with van der Waals surface area (Å²) in [5.41, 5.74) is 0.553. The number of nitrogens with one attached hydrogen (secondary N) is 1. The first-order chi connectivity index (χ1) is 7.05. The second kappa shape index (κ2) is 4.09. The van der Waals surface area contributed by atoms with Crippen LogP contribution in [0.3, 0.4) is 0 Å². The Morgan fingerprint density at radius 2 is 2.27 bits per heavy atom. The molecule has 15 heavy (non-hydrogen) atoms. The molecule has 82 valence electrons. The average Bonchev–Trinajstić information content (AvgIpc) is 2.86. The number of hydrogen-bond acceptors (Lipinski definition) is 3. The fraction of sp³-hybridized carbons (Fsp3) is 0.444. The lowest BCUT2D eigenvalue weighted by molar-refractivity contribution is 0.597. The van der Waals surface area contributed by atoms with E-state index in [1.165, 1.54) is 0 Å². The van der Waals surface area contributed by atoms with Crippen LogP contribution in [0.1, 0.15) is 12.8 Å². The number of rotatable bonds is 4. The topological polar surface area (TPSA) is 59.1 Å². The third-order valence-corrected chi connectivity index (χ3v) is 4.04. The summed E-state index contributed by atoms with van der Waals surface area (Å²) < 4.78 is 26.4. The maximum atomic E-state index is 11.6. The largest absolute Gasteiger partial charge is 0.283 e. The normalized spacial score (nSPS) is 16.3. The molecule has 1 aromatic rings. The van der Waals surface area contributed by atoms with E-state index in [9.17, 15) is 8.42 Å². The highest BCUT2D eigenvalue weighted by molar-refractivity contribution is 9.10. The molecule has 0 bridgehead atoms. The summed E-state index contributed by atoms with van der Waals surface area (Å²) in [5.74, 6) is 0.584. The quantitative estimate of drug-likeness (QED) is 0.863. The third kappa shape index (κ3) is 3.46. The van der Waals surface area contributed by atoms with Crippen molar-refractivity contribution in [3.8, 4) is 0 Å². The fourth-order valence-corrected chi connectivity index (χ4v) is 3.17. The van der Waals surface area contributed by atoms with Gasteiger partial charge in [0.2, 0.25) is 10.0 Å². The molecule has 0 amide bonds. The van der Waals surface area contributed by atoms with E-state index in [0.717, 1.165) is 12.8 Å². The van der Waals surface area contributed by atoms with Gasteiger partial charge in [-0.05, 0) is 46.8 Å². The highest BCUT2D eigenvalue weighted by atomic mass is 79.9. The molecule has 0 radical (unpaired) electrons. The highest BCUT2D eigenvalue weighted by Gasteiger charge is 2.27. The van der Waals surface area contributed by atoms with Crippen molar-refractivity contribution in [2.45, 2.75) is 12.8 Å². The van der Waals surface area contributed by atoms with E-state index in [4.69, 9.17) is 0 Å². The van der Waals surface area contributed by atoms with Crippen LogP contribution in [0.15, 0.2) is 22.9 Å². The molecule has 1 N–H and O–H groups in total. The van der Waals surface area contributed by atoms with Gasteiger partial charge in [-0.3, -0.25) is 4.72 Å². The predicted molar refractivity (Wildman–Crippen MR) is 62.1 cm³/mol. The number of aromatic nitrogens is 1. The molecular formula is C9H11BrN2O2S. The molecule has 1 aliphatic rings. The fourth-order valence-electron chi connectivity index (χ4n) is 1.28. The van der Waals surface area contributed by atoms with Crippen molar-refractivity contribution in [3.05, 3.63) is 22.9 Å². The van der Waals surface area contributed by atoms with Gasteiger partial charge in [0, 0.05) is 6.20 Å². The molecule has 0 saturated heterocycles. The summed E-state index contributed by atoms with van der Waals surface area (Å²) in [5, 5.41) is 0. The number of nitrogens with zero attached hydrogens (tertiary/aromatic N) is 1. The van der Waals surface area contributed by atoms with Gasteiger partial charge >= 0.3 is 0 Å². The Bertz CT molecular complexity index is 457. The van der Waals surface area contributed by atoms with Crippen molar-refractivity contribution in [1.82, 2.24) is 4.98 Å². The predicted octanol–water partition coefficient (Wildman–Crippen LogP) is 2.00. The van der Waals surface area contributed by atoms with Crippen LogP contribution < -0.4 is 4.72 Å². The summed E-state index contributed by atoms with van der Waals surface area (Å²) in [4.78, 5) is 3.92. The van der Waals surface area contributed by atoms with Crippen LogP contribution in [0.4, 0.5) is 5.69 Å². The van der Waals surface area contributed by atoms with E-state index in [2.05, 4.69) is 25.6 Å². The van der Waals surface area contributed by atoms with Crippen LogP contribution in [0.5, 0.6) is 0 Å². The van der Waals surface area contributed by atoms with Gasteiger partial charge in [0.1, 0.15) is 4.60 Å². The van der Waals surface area contributed by atoms with Crippen molar-refractivity contribution in [2.75, 3.05) is 10.5 Å². The van der Waals surface area contributed by atoms with Crippen LogP contribution in [0.2, 0.25) is 0 Å². The lowest BCUT2D eigenvalue weighted by atomic mass is 10.4. The minimum atomic E-state index is -3.19. The van der Waals surface area contributed by atoms with Crippen LogP contribution in [-0.2, 0) is 10.0 Å². The Morgan fingerprint density at radius 1 is 1.53 bits per heavy atom. The Labute approximate surface area is 97.3 Å². The summed E-state index contributed by atoms with van der Waals surface area (Å²) >= 11 is 3.19. The highest BCUT2D eigenvalue weighted by Crippen LogP contribution is 2.30. The molecule has 1 saturated carbocycles. The molecule has 0 spiro atoms. The zero-order chi connectivity index (χ0) is 10.9. The van der Waals surface area contributed by atoms with E-state index in [-0.39, 0.29) is 5.75 Å². The maximum Gasteiger partial charge on any atom is 0.232 e. The van der Waals surface area contributed by atoms with Crippen molar-refractivity contribution in [1.29, 1.82) is 0 Å². The average molecular weight is 291 g/mol. The first kappa shape index (κ1) is 10.9. The van der Waals surface area contributed by atoms with Crippen molar-refractivity contribution in [3.63, 3.8) is 0 Å². The summed E-state index contributed by atoms with van der Waals surface area (Å²) in [6, 6.07) is 3.28. The van der Waals surface area contributed by atoms with Gasteiger partial charge in [0.05, 0.1) is 11.4 Å². The minimum absolute atomic E-state index is 0.229. The first-order valence-electron chi connectivity index (χ1n) is 4.67. The molecule has 1 aliphatic carbocycles. The minimum Gasteiger partial charge on any atom is -0.283 e. The van der Waals surface area contributed by atoms with Crippen molar-refractivity contribution < 1.29 is 8.42 Å². The molecule has 6 heteroatoms. The standard InChI is InChI=1S/C9H11BrN2O2S/c10-9-5-8(3-4-11-9)12-15(13,14)6-7-1-2-7/h3-5,7H,1-2,6H2,(H,11,12). The smallest absolute Gasteiger partial charge is 0.232 e. The third-order valence-electron chi connectivity index (χ3n) is 2.15. The molecule has 1 fully saturated rings. The van der Waals surface area contributed by atoms with Crippen LogP contribution in [-0.4, -0.2) is 19.2 Å². The molecule has 2 rings (SSSR count).